The third-order valence-corrected chi connectivity index (χ3v) is 3.23. The van der Waals surface area contributed by atoms with E-state index in [1.807, 2.05) is 12.1 Å². The molecule has 1 saturated carbocycles. The smallest absolute Gasteiger partial charge is 0.138 e. The normalized spacial score (nSPS) is 17.9. The molecule has 0 aromatic heterocycles. The molecule has 0 bridgehead atoms. The van der Waals surface area contributed by atoms with Gasteiger partial charge in [0.15, 0.2) is 0 Å². The third kappa shape index (κ3) is 2.46. The Hall–Kier alpha value is -0.690. The number of rotatable bonds is 3. The third-order valence-electron chi connectivity index (χ3n) is 2.93. The van der Waals surface area contributed by atoms with Crippen LogP contribution in [-0.4, -0.2) is 5.60 Å². The maximum absolute atomic E-state index is 6.18. The first kappa shape index (κ1) is 10.8. The Morgan fingerprint density at radius 3 is 2.47 bits per heavy atom. The average molecular weight is 225 g/mol. The summed E-state index contributed by atoms with van der Waals surface area (Å²) in [5, 5.41) is 0.731. The molecule has 0 saturated heterocycles. The molecule has 1 aliphatic rings. The summed E-state index contributed by atoms with van der Waals surface area (Å²) in [7, 11) is 0. The summed E-state index contributed by atoms with van der Waals surface area (Å²) >= 11 is 6.18. The predicted octanol–water partition coefficient (Wildman–Crippen LogP) is 4.39. The van der Waals surface area contributed by atoms with Crippen molar-refractivity contribution in [3.05, 3.63) is 28.8 Å². The standard InChI is InChI=1S/C13H17ClO/c1-9(2)10-4-5-12(11(14)8-10)15-13(3)6-7-13/h4-5,8-9H,6-7H2,1-3H3. The first-order valence-electron chi connectivity index (χ1n) is 5.49. The zero-order chi connectivity index (χ0) is 11.1. The molecule has 0 amide bonds. The molecule has 0 atom stereocenters. The monoisotopic (exact) mass is 224 g/mol. The zero-order valence-electron chi connectivity index (χ0n) is 9.51. The number of ether oxygens (including phenoxy) is 1. The SMILES string of the molecule is CC(C)c1ccc(OC2(C)CC2)c(Cl)c1. The van der Waals surface area contributed by atoms with E-state index in [1.54, 1.807) is 0 Å². The summed E-state index contributed by atoms with van der Waals surface area (Å²) in [6, 6.07) is 6.09. The molecule has 2 rings (SSSR count). The summed E-state index contributed by atoms with van der Waals surface area (Å²) in [5.41, 5.74) is 1.30. The largest absolute Gasteiger partial charge is 0.486 e. The Morgan fingerprint density at radius 2 is 2.00 bits per heavy atom. The highest BCUT2D eigenvalue weighted by Gasteiger charge is 2.40. The van der Waals surface area contributed by atoms with Gasteiger partial charge in [0.05, 0.1) is 5.02 Å². The van der Waals surface area contributed by atoms with E-state index in [-0.39, 0.29) is 5.60 Å². The number of hydrogen-bond donors (Lipinski definition) is 0. The van der Waals surface area contributed by atoms with Crippen molar-refractivity contribution < 1.29 is 4.74 Å². The van der Waals surface area contributed by atoms with E-state index < -0.39 is 0 Å². The number of hydrogen-bond acceptors (Lipinski definition) is 1. The first-order valence-corrected chi connectivity index (χ1v) is 5.86. The minimum Gasteiger partial charge on any atom is -0.486 e. The van der Waals surface area contributed by atoms with Crippen molar-refractivity contribution in [1.29, 1.82) is 0 Å². The van der Waals surface area contributed by atoms with Gasteiger partial charge in [0, 0.05) is 0 Å². The Labute approximate surface area is 96.4 Å². The topological polar surface area (TPSA) is 9.23 Å². The summed E-state index contributed by atoms with van der Waals surface area (Å²) in [6.07, 6.45) is 2.27. The van der Waals surface area contributed by atoms with Crippen molar-refractivity contribution in [2.45, 2.75) is 45.1 Å². The van der Waals surface area contributed by atoms with Crippen LogP contribution in [0.15, 0.2) is 18.2 Å². The van der Waals surface area contributed by atoms with E-state index in [2.05, 4.69) is 26.8 Å². The van der Waals surface area contributed by atoms with E-state index in [0.717, 1.165) is 23.6 Å². The van der Waals surface area contributed by atoms with E-state index in [4.69, 9.17) is 16.3 Å². The van der Waals surface area contributed by atoms with Crippen molar-refractivity contribution in [2.75, 3.05) is 0 Å². The van der Waals surface area contributed by atoms with Gasteiger partial charge in [-0.25, -0.2) is 0 Å². The van der Waals surface area contributed by atoms with E-state index in [0.29, 0.717) is 5.92 Å². The van der Waals surface area contributed by atoms with Crippen molar-refractivity contribution in [3.63, 3.8) is 0 Å². The van der Waals surface area contributed by atoms with E-state index in [1.165, 1.54) is 5.56 Å². The molecule has 0 spiro atoms. The molecule has 1 fully saturated rings. The van der Waals surface area contributed by atoms with E-state index in [9.17, 15) is 0 Å². The average Bonchev–Trinajstić information content (AvgIpc) is 2.87. The first-order chi connectivity index (χ1) is 7.00. The van der Waals surface area contributed by atoms with Crippen LogP contribution < -0.4 is 4.74 Å². The van der Waals surface area contributed by atoms with Crippen LogP contribution in [0.4, 0.5) is 0 Å². The highest BCUT2D eigenvalue weighted by atomic mass is 35.5. The fourth-order valence-electron chi connectivity index (χ4n) is 1.50. The molecule has 0 N–H and O–H groups in total. The minimum absolute atomic E-state index is 0.0446. The molecule has 0 unspecified atom stereocenters. The Bertz CT molecular complexity index is 367. The molecule has 2 heteroatoms. The lowest BCUT2D eigenvalue weighted by atomic mass is 10.0. The van der Waals surface area contributed by atoms with Crippen molar-refractivity contribution in [3.8, 4) is 5.75 Å². The van der Waals surface area contributed by atoms with Crippen LogP contribution in [0.25, 0.3) is 0 Å². The second kappa shape index (κ2) is 3.71. The van der Waals surface area contributed by atoms with Crippen molar-refractivity contribution >= 4 is 11.6 Å². The van der Waals surface area contributed by atoms with Gasteiger partial charge in [-0.3, -0.25) is 0 Å². The van der Waals surface area contributed by atoms with E-state index >= 15 is 0 Å². The highest BCUT2D eigenvalue weighted by Crippen LogP contribution is 2.41. The molecule has 0 aliphatic heterocycles. The molecule has 1 aromatic carbocycles. The summed E-state index contributed by atoms with van der Waals surface area (Å²) < 4.78 is 5.85. The van der Waals surface area contributed by atoms with Crippen molar-refractivity contribution in [2.24, 2.45) is 0 Å². The molecule has 1 aliphatic carbocycles. The van der Waals surface area contributed by atoms with Crippen LogP contribution in [0.5, 0.6) is 5.75 Å². The molecular weight excluding hydrogens is 208 g/mol. The Kier molecular flexibility index (Phi) is 2.68. The summed E-state index contributed by atoms with van der Waals surface area (Å²) in [4.78, 5) is 0. The van der Waals surface area contributed by atoms with Crippen LogP contribution in [0.3, 0.4) is 0 Å². The van der Waals surface area contributed by atoms with Crippen LogP contribution in [-0.2, 0) is 0 Å². The van der Waals surface area contributed by atoms with Gasteiger partial charge in [-0.05, 0) is 43.4 Å². The summed E-state index contributed by atoms with van der Waals surface area (Å²) in [6.45, 7) is 6.45. The van der Waals surface area contributed by atoms with Gasteiger partial charge in [-0.15, -0.1) is 0 Å². The van der Waals surface area contributed by atoms with Gasteiger partial charge in [-0.1, -0.05) is 31.5 Å². The van der Waals surface area contributed by atoms with Gasteiger partial charge < -0.3 is 4.74 Å². The molecule has 82 valence electrons. The van der Waals surface area contributed by atoms with Crippen molar-refractivity contribution in [1.82, 2.24) is 0 Å². The lowest BCUT2D eigenvalue weighted by molar-refractivity contribution is 0.200. The second-order valence-electron chi connectivity index (χ2n) is 4.90. The van der Waals surface area contributed by atoms with Crippen LogP contribution >= 0.6 is 11.6 Å². The van der Waals surface area contributed by atoms with Gasteiger partial charge in [0.1, 0.15) is 11.4 Å². The second-order valence-corrected chi connectivity index (χ2v) is 5.30. The van der Waals surface area contributed by atoms with Crippen LogP contribution in [0, 0.1) is 0 Å². The minimum atomic E-state index is 0.0446. The molecule has 0 heterocycles. The highest BCUT2D eigenvalue weighted by molar-refractivity contribution is 6.32. The van der Waals surface area contributed by atoms with Gasteiger partial charge in [-0.2, -0.15) is 0 Å². The van der Waals surface area contributed by atoms with Gasteiger partial charge in [0.25, 0.3) is 0 Å². The quantitative estimate of drug-likeness (QED) is 0.740. The van der Waals surface area contributed by atoms with Gasteiger partial charge in [0.2, 0.25) is 0 Å². The Balaban J connectivity index is 2.19. The van der Waals surface area contributed by atoms with Crippen LogP contribution in [0.1, 0.15) is 45.1 Å². The zero-order valence-corrected chi connectivity index (χ0v) is 10.3. The Morgan fingerprint density at radius 1 is 1.33 bits per heavy atom. The lowest BCUT2D eigenvalue weighted by Gasteiger charge is -2.15. The predicted molar refractivity (Wildman–Crippen MR) is 63.8 cm³/mol. The lowest BCUT2D eigenvalue weighted by Crippen LogP contribution is -2.12. The molecule has 0 radical (unpaired) electrons. The number of benzene rings is 1. The maximum atomic E-state index is 6.18. The molecule has 15 heavy (non-hydrogen) atoms. The molecule has 1 aromatic rings. The molecule has 1 nitrogen and oxygen atoms in total. The maximum Gasteiger partial charge on any atom is 0.138 e. The molecular formula is C13H17ClO. The summed E-state index contributed by atoms with van der Waals surface area (Å²) in [5.74, 6) is 1.33. The fraction of sp³-hybridized carbons (Fsp3) is 0.538. The number of halogens is 1. The van der Waals surface area contributed by atoms with Crippen LogP contribution in [0.2, 0.25) is 5.02 Å². The fourth-order valence-corrected chi connectivity index (χ4v) is 1.73. The van der Waals surface area contributed by atoms with Gasteiger partial charge >= 0.3 is 0 Å².